The van der Waals surface area contributed by atoms with Gasteiger partial charge in [0.2, 0.25) is 5.91 Å². The second-order valence-corrected chi connectivity index (χ2v) is 2.51. The molecule has 0 aliphatic heterocycles. The van der Waals surface area contributed by atoms with Crippen LogP contribution in [0.5, 0.6) is 0 Å². The Morgan fingerprint density at radius 3 is 2.46 bits per heavy atom. The van der Waals surface area contributed by atoms with E-state index < -0.39 is 17.9 Å². The summed E-state index contributed by atoms with van der Waals surface area (Å²) in [6, 6.07) is -1.02. The van der Waals surface area contributed by atoms with Gasteiger partial charge in [0, 0.05) is 26.0 Å². The average molecular weight is 190 g/mol. The van der Waals surface area contributed by atoms with Crippen molar-refractivity contribution in [1.29, 1.82) is 0 Å². The van der Waals surface area contributed by atoms with E-state index in [0.29, 0.717) is 0 Å². The van der Waals surface area contributed by atoms with Crippen molar-refractivity contribution in [3.05, 3.63) is 0 Å². The number of carboxylic acid groups (broad SMARTS) is 1. The van der Waals surface area contributed by atoms with Gasteiger partial charge >= 0.3 is 5.97 Å². The molecule has 1 amide bonds. The zero-order valence-corrected chi connectivity index (χ0v) is 7.19. The first-order valence-electron chi connectivity index (χ1n) is 3.95. The molecular formula is C7H14N2O4. The molecule has 76 valence electrons. The van der Waals surface area contributed by atoms with Crippen molar-refractivity contribution in [2.75, 3.05) is 13.2 Å². The normalized spacial score (nSPS) is 12.2. The molecule has 0 aromatic heterocycles. The third-order valence-corrected chi connectivity index (χ3v) is 1.42. The molecule has 0 aromatic carbocycles. The lowest BCUT2D eigenvalue weighted by molar-refractivity contribution is -0.142. The van der Waals surface area contributed by atoms with Crippen molar-refractivity contribution in [2.24, 2.45) is 5.73 Å². The third kappa shape index (κ3) is 5.15. The Kier molecular flexibility index (Phi) is 5.82. The Morgan fingerprint density at radius 2 is 2.08 bits per heavy atom. The Hall–Kier alpha value is -1.14. The van der Waals surface area contributed by atoms with Gasteiger partial charge in [-0.05, 0) is 0 Å². The van der Waals surface area contributed by atoms with Crippen molar-refractivity contribution in [2.45, 2.75) is 18.9 Å². The minimum atomic E-state index is -1.15. The predicted octanol–water partition coefficient (Wildman–Crippen LogP) is -1.71. The maximum Gasteiger partial charge on any atom is 0.326 e. The van der Waals surface area contributed by atoms with Gasteiger partial charge in [0.15, 0.2) is 0 Å². The topological polar surface area (TPSA) is 113 Å². The van der Waals surface area contributed by atoms with Crippen LogP contribution in [0.15, 0.2) is 0 Å². The number of rotatable bonds is 6. The first-order chi connectivity index (χ1) is 6.11. The summed E-state index contributed by atoms with van der Waals surface area (Å²) in [6.45, 7) is -0.100. The quantitative estimate of drug-likeness (QED) is 0.398. The molecule has 0 heterocycles. The standard InChI is InChI=1S/C7H14N2O4/c8-3-1-6(11)9-5(2-4-10)7(12)13/h5,10H,1-4,8H2,(H,9,11)(H,12,13)/t5-/m1/s1. The number of nitrogens with two attached hydrogens (primary N) is 1. The minimum Gasteiger partial charge on any atom is -0.480 e. The van der Waals surface area contributed by atoms with Gasteiger partial charge in [-0.1, -0.05) is 0 Å². The van der Waals surface area contributed by atoms with Gasteiger partial charge in [-0.2, -0.15) is 0 Å². The highest BCUT2D eigenvalue weighted by atomic mass is 16.4. The van der Waals surface area contributed by atoms with Gasteiger partial charge in [-0.3, -0.25) is 4.79 Å². The largest absolute Gasteiger partial charge is 0.480 e. The van der Waals surface area contributed by atoms with E-state index in [1.807, 2.05) is 0 Å². The molecule has 0 aliphatic carbocycles. The Labute approximate surface area is 75.7 Å². The average Bonchev–Trinajstić information content (AvgIpc) is 2.04. The molecule has 0 unspecified atom stereocenters. The first-order valence-corrected chi connectivity index (χ1v) is 3.95. The smallest absolute Gasteiger partial charge is 0.326 e. The fraction of sp³-hybridized carbons (Fsp3) is 0.714. The molecule has 0 rings (SSSR count). The fourth-order valence-corrected chi connectivity index (χ4v) is 0.784. The van der Waals surface area contributed by atoms with Crippen LogP contribution in [-0.2, 0) is 9.59 Å². The number of carboxylic acids is 1. The predicted molar refractivity (Wildman–Crippen MR) is 44.9 cm³/mol. The Bertz CT molecular complexity index is 183. The molecule has 0 saturated heterocycles. The molecule has 0 saturated carbocycles. The maximum atomic E-state index is 10.9. The number of carbonyl (C=O) groups is 2. The summed E-state index contributed by atoms with van der Waals surface area (Å²) in [5.41, 5.74) is 5.10. The lowest BCUT2D eigenvalue weighted by Gasteiger charge is -2.12. The molecule has 0 bridgehead atoms. The second-order valence-electron chi connectivity index (χ2n) is 2.51. The van der Waals surface area contributed by atoms with Crippen LogP contribution in [0.4, 0.5) is 0 Å². The van der Waals surface area contributed by atoms with Crippen molar-refractivity contribution in [1.82, 2.24) is 5.32 Å². The van der Waals surface area contributed by atoms with E-state index in [2.05, 4.69) is 5.32 Å². The van der Waals surface area contributed by atoms with E-state index in [0.717, 1.165) is 0 Å². The van der Waals surface area contributed by atoms with E-state index >= 15 is 0 Å². The number of amides is 1. The molecule has 0 fully saturated rings. The fourth-order valence-electron chi connectivity index (χ4n) is 0.784. The van der Waals surface area contributed by atoms with E-state index in [9.17, 15) is 9.59 Å². The molecule has 1 atom stereocenters. The summed E-state index contributed by atoms with van der Waals surface area (Å²) in [7, 11) is 0. The van der Waals surface area contributed by atoms with Crippen LogP contribution < -0.4 is 11.1 Å². The molecule has 0 aromatic rings. The van der Waals surface area contributed by atoms with Crippen LogP contribution in [0.3, 0.4) is 0 Å². The molecule has 0 aliphatic rings. The van der Waals surface area contributed by atoms with Gasteiger partial charge in [0.1, 0.15) is 6.04 Å². The lowest BCUT2D eigenvalue weighted by Crippen LogP contribution is -2.41. The van der Waals surface area contributed by atoms with E-state index in [1.54, 1.807) is 0 Å². The third-order valence-electron chi connectivity index (χ3n) is 1.42. The highest BCUT2D eigenvalue weighted by Crippen LogP contribution is 1.92. The first kappa shape index (κ1) is 11.9. The number of nitrogens with one attached hydrogen (secondary N) is 1. The second kappa shape index (κ2) is 6.38. The summed E-state index contributed by atoms with van der Waals surface area (Å²) >= 11 is 0. The molecule has 13 heavy (non-hydrogen) atoms. The number of hydrogen-bond donors (Lipinski definition) is 4. The van der Waals surface area contributed by atoms with Gasteiger partial charge < -0.3 is 21.3 Å². The highest BCUT2D eigenvalue weighted by Gasteiger charge is 2.18. The van der Waals surface area contributed by atoms with Gasteiger partial charge in [0.05, 0.1) is 0 Å². The number of carbonyl (C=O) groups excluding carboxylic acids is 1. The van der Waals surface area contributed by atoms with Gasteiger partial charge in [-0.15, -0.1) is 0 Å². The summed E-state index contributed by atoms with van der Waals surface area (Å²) in [4.78, 5) is 21.4. The number of aliphatic hydroxyl groups excluding tert-OH is 1. The van der Waals surface area contributed by atoms with Crippen molar-refractivity contribution in [3.63, 3.8) is 0 Å². The van der Waals surface area contributed by atoms with Crippen molar-refractivity contribution >= 4 is 11.9 Å². The van der Waals surface area contributed by atoms with Crippen LogP contribution in [0.25, 0.3) is 0 Å². The van der Waals surface area contributed by atoms with Gasteiger partial charge in [0.25, 0.3) is 0 Å². The van der Waals surface area contributed by atoms with Crippen molar-refractivity contribution in [3.8, 4) is 0 Å². The molecule has 6 nitrogen and oxygen atoms in total. The van der Waals surface area contributed by atoms with Crippen LogP contribution in [0.1, 0.15) is 12.8 Å². The van der Waals surface area contributed by atoms with Crippen molar-refractivity contribution < 1.29 is 19.8 Å². The molecule has 6 heteroatoms. The lowest BCUT2D eigenvalue weighted by atomic mass is 10.2. The van der Waals surface area contributed by atoms with Gasteiger partial charge in [-0.25, -0.2) is 4.79 Å². The summed E-state index contributed by atoms with van der Waals surface area (Å²) in [5.74, 6) is -1.57. The molecule has 0 spiro atoms. The van der Waals surface area contributed by atoms with Crippen LogP contribution >= 0.6 is 0 Å². The summed E-state index contributed by atoms with van der Waals surface area (Å²) in [6.07, 6.45) is 0.0981. The molecular weight excluding hydrogens is 176 g/mol. The van der Waals surface area contributed by atoms with E-state index in [1.165, 1.54) is 0 Å². The molecule has 5 N–H and O–H groups in total. The zero-order valence-electron chi connectivity index (χ0n) is 7.19. The Morgan fingerprint density at radius 1 is 1.46 bits per heavy atom. The van der Waals surface area contributed by atoms with E-state index in [4.69, 9.17) is 15.9 Å². The van der Waals surface area contributed by atoms with Crippen LogP contribution in [0.2, 0.25) is 0 Å². The minimum absolute atomic E-state index is 0.00560. The molecule has 0 radical (unpaired) electrons. The monoisotopic (exact) mass is 190 g/mol. The SMILES string of the molecule is NCCC(=O)N[C@H](CCO)C(=O)O. The number of hydrogen-bond acceptors (Lipinski definition) is 4. The highest BCUT2D eigenvalue weighted by molar-refractivity contribution is 5.83. The Balaban J connectivity index is 3.94. The zero-order chi connectivity index (χ0) is 10.3. The summed E-state index contributed by atoms with van der Waals surface area (Å²) < 4.78 is 0. The number of aliphatic carboxylic acids is 1. The summed E-state index contributed by atoms with van der Waals surface area (Å²) in [5, 5.41) is 19.3. The van der Waals surface area contributed by atoms with Crippen LogP contribution in [0, 0.1) is 0 Å². The number of aliphatic hydroxyl groups is 1. The maximum absolute atomic E-state index is 10.9. The van der Waals surface area contributed by atoms with E-state index in [-0.39, 0.29) is 26.0 Å². The van der Waals surface area contributed by atoms with Crippen LogP contribution in [-0.4, -0.2) is 41.3 Å².